The molecule has 3 aromatic rings. The standard InChI is InChI=1S/C20H22ClN5O6S/c1-10-4-6-11(7-5-10)33(27,28)29-8-12-14-15(32-20(2,3)31-14)18(30-12)26-9-23-13-16(22)24-19(21)25-17(13)26/h4-7,9,12,14-15,18H,8H2,1-3H3,(H2,22,24,25)/t12-,14-,15-,18-/m1/s1. The number of halogens is 1. The molecule has 11 nitrogen and oxygen atoms in total. The lowest BCUT2D eigenvalue weighted by Crippen LogP contribution is -2.33. The third-order valence-corrected chi connectivity index (χ3v) is 6.98. The Balaban J connectivity index is 1.43. The third-order valence-electron chi connectivity index (χ3n) is 5.52. The lowest BCUT2D eigenvalue weighted by molar-refractivity contribution is -0.198. The second-order valence-corrected chi connectivity index (χ2v) is 10.3. The van der Waals surface area contributed by atoms with Crippen molar-refractivity contribution in [1.29, 1.82) is 0 Å². The van der Waals surface area contributed by atoms with Crippen LogP contribution >= 0.6 is 11.6 Å². The first-order valence-electron chi connectivity index (χ1n) is 10.2. The Labute approximate surface area is 194 Å². The van der Waals surface area contributed by atoms with Gasteiger partial charge in [0.25, 0.3) is 10.1 Å². The number of fused-ring (bicyclic) bond motifs is 2. The molecule has 0 spiro atoms. The van der Waals surface area contributed by atoms with Crippen LogP contribution in [0, 0.1) is 6.92 Å². The van der Waals surface area contributed by atoms with E-state index >= 15 is 0 Å². The van der Waals surface area contributed by atoms with Crippen molar-refractivity contribution in [3.63, 3.8) is 0 Å². The lowest BCUT2D eigenvalue weighted by Gasteiger charge is -2.24. The molecule has 5 rings (SSSR count). The largest absolute Gasteiger partial charge is 0.382 e. The van der Waals surface area contributed by atoms with Gasteiger partial charge < -0.3 is 19.9 Å². The van der Waals surface area contributed by atoms with Gasteiger partial charge in [0.15, 0.2) is 23.5 Å². The third kappa shape index (κ3) is 4.07. The zero-order valence-corrected chi connectivity index (χ0v) is 19.6. The predicted molar refractivity (Wildman–Crippen MR) is 117 cm³/mol. The van der Waals surface area contributed by atoms with Gasteiger partial charge in [0.05, 0.1) is 17.8 Å². The average Bonchev–Trinajstić information content (AvgIpc) is 3.37. The number of rotatable bonds is 5. The maximum absolute atomic E-state index is 12.7. The molecule has 0 bridgehead atoms. The molecule has 0 unspecified atom stereocenters. The van der Waals surface area contributed by atoms with Crippen molar-refractivity contribution in [2.45, 2.75) is 56.0 Å². The van der Waals surface area contributed by atoms with Gasteiger partial charge >= 0.3 is 0 Å². The van der Waals surface area contributed by atoms with E-state index in [0.29, 0.717) is 11.2 Å². The van der Waals surface area contributed by atoms with Crippen molar-refractivity contribution in [1.82, 2.24) is 19.5 Å². The van der Waals surface area contributed by atoms with E-state index in [1.54, 1.807) is 30.5 Å². The van der Waals surface area contributed by atoms with Crippen LogP contribution in [0.25, 0.3) is 11.2 Å². The summed E-state index contributed by atoms with van der Waals surface area (Å²) in [6.45, 7) is 5.14. The van der Waals surface area contributed by atoms with E-state index in [1.807, 2.05) is 6.92 Å². The number of benzene rings is 1. The van der Waals surface area contributed by atoms with Gasteiger partial charge in [-0.15, -0.1) is 0 Å². The molecule has 4 atom stereocenters. The Bertz CT molecular complexity index is 1310. The van der Waals surface area contributed by atoms with Crippen LogP contribution in [0.1, 0.15) is 25.6 Å². The summed E-state index contributed by atoms with van der Waals surface area (Å²) in [6.07, 6.45) is -1.15. The van der Waals surface area contributed by atoms with Crippen LogP contribution in [0.2, 0.25) is 5.28 Å². The van der Waals surface area contributed by atoms with E-state index in [4.69, 9.17) is 35.7 Å². The molecule has 1 aromatic carbocycles. The summed E-state index contributed by atoms with van der Waals surface area (Å²) in [4.78, 5) is 12.5. The smallest absolute Gasteiger partial charge is 0.297 e. The number of aryl methyl sites for hydroxylation is 1. The van der Waals surface area contributed by atoms with Crippen molar-refractivity contribution >= 4 is 38.7 Å². The number of ether oxygens (including phenoxy) is 3. The molecule has 0 amide bonds. The molecule has 2 fully saturated rings. The molecular formula is C20H22ClN5O6S. The fourth-order valence-electron chi connectivity index (χ4n) is 4.04. The van der Waals surface area contributed by atoms with Crippen LogP contribution in [0.4, 0.5) is 5.82 Å². The lowest BCUT2D eigenvalue weighted by atomic mass is 10.1. The molecule has 4 heterocycles. The normalized spacial score (nSPS) is 26.7. The first-order valence-corrected chi connectivity index (χ1v) is 12.0. The van der Waals surface area contributed by atoms with Crippen LogP contribution in [0.15, 0.2) is 35.5 Å². The molecule has 33 heavy (non-hydrogen) atoms. The number of imidazole rings is 1. The summed E-state index contributed by atoms with van der Waals surface area (Å²) in [5.74, 6) is -0.778. The van der Waals surface area contributed by atoms with Crippen LogP contribution in [-0.4, -0.2) is 58.6 Å². The molecule has 2 aromatic heterocycles. The SMILES string of the molecule is Cc1ccc(S(=O)(=O)OC[C@H]2O[C@@H](n3cnc4c(N)nc(Cl)nc43)[C@@H]3OC(C)(C)O[C@@H]32)cc1. The minimum absolute atomic E-state index is 0.0377. The Morgan fingerprint density at radius 3 is 2.61 bits per heavy atom. The molecule has 0 saturated carbocycles. The summed E-state index contributed by atoms with van der Waals surface area (Å²) in [6, 6.07) is 6.40. The molecule has 13 heteroatoms. The first kappa shape index (κ1) is 22.4. The highest BCUT2D eigenvalue weighted by Gasteiger charge is 2.56. The molecule has 0 radical (unpaired) electrons. The van der Waals surface area contributed by atoms with Gasteiger partial charge in [-0.3, -0.25) is 8.75 Å². The van der Waals surface area contributed by atoms with E-state index in [0.717, 1.165) is 5.56 Å². The summed E-state index contributed by atoms with van der Waals surface area (Å²) >= 11 is 5.99. The van der Waals surface area contributed by atoms with E-state index in [9.17, 15) is 8.42 Å². The topological polar surface area (TPSA) is 141 Å². The molecule has 0 aliphatic carbocycles. The van der Waals surface area contributed by atoms with Gasteiger partial charge in [0.2, 0.25) is 5.28 Å². The molecule has 2 saturated heterocycles. The van der Waals surface area contributed by atoms with E-state index < -0.39 is 40.4 Å². The van der Waals surface area contributed by atoms with Crippen molar-refractivity contribution in [3.8, 4) is 0 Å². The molecule has 2 N–H and O–H groups in total. The second kappa shape index (κ2) is 7.86. The highest BCUT2D eigenvalue weighted by atomic mass is 35.5. The van der Waals surface area contributed by atoms with Crippen LogP contribution in [0.5, 0.6) is 0 Å². The summed E-state index contributed by atoms with van der Waals surface area (Å²) in [5, 5.41) is -0.0377. The number of nitrogen functional groups attached to an aromatic ring is 1. The Hall–Kier alpha value is -2.35. The number of hydrogen-bond donors (Lipinski definition) is 1. The quantitative estimate of drug-likeness (QED) is 0.413. The highest BCUT2D eigenvalue weighted by Crippen LogP contribution is 2.44. The highest BCUT2D eigenvalue weighted by molar-refractivity contribution is 7.86. The number of anilines is 1. The van der Waals surface area contributed by atoms with Crippen molar-refractivity contribution in [2.24, 2.45) is 0 Å². The molecule has 176 valence electrons. The van der Waals surface area contributed by atoms with Gasteiger partial charge in [0, 0.05) is 0 Å². The van der Waals surface area contributed by atoms with E-state index in [2.05, 4.69) is 15.0 Å². The first-order chi connectivity index (χ1) is 15.5. The number of hydrogen-bond acceptors (Lipinski definition) is 10. The molecule has 2 aliphatic heterocycles. The average molecular weight is 496 g/mol. The van der Waals surface area contributed by atoms with Gasteiger partial charge in [-0.25, -0.2) is 4.98 Å². The fraction of sp³-hybridized carbons (Fsp3) is 0.450. The summed E-state index contributed by atoms with van der Waals surface area (Å²) in [7, 11) is -3.99. The summed E-state index contributed by atoms with van der Waals surface area (Å²) < 4.78 is 50.5. The zero-order chi connectivity index (χ0) is 23.5. The van der Waals surface area contributed by atoms with Gasteiger partial charge in [-0.05, 0) is 44.5 Å². The Kier molecular flexibility index (Phi) is 5.34. The number of aromatic nitrogens is 4. The van der Waals surface area contributed by atoms with Crippen molar-refractivity contribution in [3.05, 3.63) is 41.4 Å². The van der Waals surface area contributed by atoms with Crippen LogP contribution in [-0.2, 0) is 28.5 Å². The van der Waals surface area contributed by atoms with Crippen LogP contribution in [0.3, 0.4) is 0 Å². The van der Waals surface area contributed by atoms with E-state index in [1.165, 1.54) is 18.5 Å². The minimum atomic E-state index is -3.99. The second-order valence-electron chi connectivity index (χ2n) is 8.38. The van der Waals surface area contributed by atoms with E-state index in [-0.39, 0.29) is 22.6 Å². The monoisotopic (exact) mass is 495 g/mol. The maximum atomic E-state index is 12.7. The van der Waals surface area contributed by atoms with Gasteiger partial charge in [-0.1, -0.05) is 17.7 Å². The summed E-state index contributed by atoms with van der Waals surface area (Å²) in [5.41, 5.74) is 7.57. The van der Waals surface area contributed by atoms with Gasteiger partial charge in [0.1, 0.15) is 23.8 Å². The van der Waals surface area contributed by atoms with Crippen molar-refractivity contribution < 1.29 is 26.8 Å². The minimum Gasteiger partial charge on any atom is -0.382 e. The van der Waals surface area contributed by atoms with Gasteiger partial charge in [-0.2, -0.15) is 18.4 Å². The van der Waals surface area contributed by atoms with Crippen LogP contribution < -0.4 is 5.73 Å². The molecular weight excluding hydrogens is 474 g/mol. The Morgan fingerprint density at radius 2 is 1.88 bits per heavy atom. The van der Waals surface area contributed by atoms with Crippen molar-refractivity contribution in [2.75, 3.05) is 12.3 Å². The number of nitrogens with two attached hydrogens (primary N) is 1. The predicted octanol–water partition coefficient (Wildman–Crippen LogP) is 2.19. The number of nitrogens with zero attached hydrogens (tertiary/aromatic N) is 4. The fourth-order valence-corrected chi connectivity index (χ4v) is 5.13. The molecule has 2 aliphatic rings. The maximum Gasteiger partial charge on any atom is 0.297 e. The Morgan fingerprint density at radius 1 is 1.18 bits per heavy atom. The zero-order valence-electron chi connectivity index (χ0n) is 18.0.